The van der Waals surface area contributed by atoms with Crippen LogP contribution in [0.2, 0.25) is 0 Å². The second-order valence-corrected chi connectivity index (χ2v) is 6.77. The van der Waals surface area contributed by atoms with E-state index in [2.05, 4.69) is 10.0 Å². The lowest BCUT2D eigenvalue weighted by Crippen LogP contribution is -2.37. The van der Waals surface area contributed by atoms with Crippen molar-refractivity contribution in [3.8, 4) is 0 Å². The van der Waals surface area contributed by atoms with E-state index in [0.29, 0.717) is 11.5 Å². The first-order valence-corrected chi connectivity index (χ1v) is 8.76. The summed E-state index contributed by atoms with van der Waals surface area (Å²) in [4.78, 5) is 0.299. The molecule has 0 spiro atoms. The molecule has 120 valence electrons. The molecule has 1 rings (SSSR count). The molecule has 5 nitrogen and oxygen atoms in total. The third-order valence-electron chi connectivity index (χ3n) is 3.22. The van der Waals surface area contributed by atoms with Crippen LogP contribution in [0.15, 0.2) is 29.2 Å². The number of sulfonamides is 1. The maximum Gasteiger partial charge on any atom is 0.240 e. The minimum absolute atomic E-state index is 0.186. The van der Waals surface area contributed by atoms with Gasteiger partial charge in [0, 0.05) is 13.2 Å². The number of ether oxygens (including phenoxy) is 1. The zero-order valence-electron chi connectivity index (χ0n) is 13.1. The van der Waals surface area contributed by atoms with Crippen molar-refractivity contribution in [3.63, 3.8) is 0 Å². The van der Waals surface area contributed by atoms with Gasteiger partial charge in [0.2, 0.25) is 10.0 Å². The third kappa shape index (κ3) is 6.13. The molecule has 0 amide bonds. The summed E-state index contributed by atoms with van der Waals surface area (Å²) < 4.78 is 32.5. The first-order chi connectivity index (χ1) is 10.0. The highest BCUT2D eigenvalue weighted by atomic mass is 32.2. The van der Waals surface area contributed by atoms with Crippen molar-refractivity contribution in [2.45, 2.75) is 37.1 Å². The number of likely N-dealkylation sites (N-methyl/N-ethyl adjacent to an activating group) is 1. The van der Waals surface area contributed by atoms with Gasteiger partial charge in [-0.15, -0.1) is 0 Å². The molecule has 2 N–H and O–H groups in total. The number of methoxy groups -OCH3 is 1. The van der Waals surface area contributed by atoms with Crippen LogP contribution in [-0.2, 0) is 21.2 Å². The zero-order chi connectivity index (χ0) is 15.7. The van der Waals surface area contributed by atoms with Crippen molar-refractivity contribution in [2.75, 3.05) is 27.3 Å². The van der Waals surface area contributed by atoms with Gasteiger partial charge in [0.05, 0.1) is 11.5 Å². The van der Waals surface area contributed by atoms with E-state index >= 15 is 0 Å². The summed E-state index contributed by atoms with van der Waals surface area (Å²) >= 11 is 0. The lowest BCUT2D eigenvalue weighted by molar-refractivity contribution is 0.171. The molecule has 1 atom stereocenters. The average Bonchev–Trinajstić information content (AvgIpc) is 2.46. The van der Waals surface area contributed by atoms with Crippen LogP contribution in [0.4, 0.5) is 0 Å². The van der Waals surface area contributed by atoms with Gasteiger partial charge in [-0.1, -0.05) is 25.5 Å². The SMILES string of the molecule is CCCC(COC)NS(=O)(=O)c1ccc(CCNC)cc1. The monoisotopic (exact) mass is 314 g/mol. The number of benzene rings is 1. The van der Waals surface area contributed by atoms with Crippen LogP contribution in [0.5, 0.6) is 0 Å². The fraction of sp³-hybridized carbons (Fsp3) is 0.600. The van der Waals surface area contributed by atoms with Crippen LogP contribution in [0.3, 0.4) is 0 Å². The third-order valence-corrected chi connectivity index (χ3v) is 4.76. The van der Waals surface area contributed by atoms with Crippen molar-refractivity contribution in [1.29, 1.82) is 0 Å². The lowest BCUT2D eigenvalue weighted by atomic mass is 10.1. The van der Waals surface area contributed by atoms with Gasteiger partial charge in [-0.3, -0.25) is 0 Å². The van der Waals surface area contributed by atoms with Crippen LogP contribution >= 0.6 is 0 Å². The highest BCUT2D eigenvalue weighted by Gasteiger charge is 2.19. The Labute approximate surface area is 128 Å². The molecule has 0 aliphatic carbocycles. The number of hydrogen-bond acceptors (Lipinski definition) is 4. The van der Waals surface area contributed by atoms with Crippen LogP contribution in [0.1, 0.15) is 25.3 Å². The number of rotatable bonds is 10. The van der Waals surface area contributed by atoms with Crippen LogP contribution < -0.4 is 10.0 Å². The Hall–Kier alpha value is -0.950. The molecule has 0 aliphatic rings. The summed E-state index contributed by atoms with van der Waals surface area (Å²) in [6.07, 6.45) is 2.54. The molecular weight excluding hydrogens is 288 g/mol. The van der Waals surface area contributed by atoms with Gasteiger partial charge in [-0.25, -0.2) is 13.1 Å². The fourth-order valence-electron chi connectivity index (χ4n) is 2.12. The van der Waals surface area contributed by atoms with Crippen molar-refractivity contribution in [2.24, 2.45) is 0 Å². The maximum atomic E-state index is 12.3. The van der Waals surface area contributed by atoms with Gasteiger partial charge in [-0.2, -0.15) is 0 Å². The fourth-order valence-corrected chi connectivity index (χ4v) is 3.37. The molecule has 1 unspecified atom stereocenters. The topological polar surface area (TPSA) is 67.4 Å². The second-order valence-electron chi connectivity index (χ2n) is 5.06. The first kappa shape index (κ1) is 18.1. The predicted molar refractivity (Wildman–Crippen MR) is 85.0 cm³/mol. The Bertz CT molecular complexity index is 494. The van der Waals surface area contributed by atoms with Gasteiger partial charge in [0.25, 0.3) is 0 Å². The van der Waals surface area contributed by atoms with E-state index in [1.165, 1.54) is 0 Å². The molecule has 6 heteroatoms. The molecular formula is C15H26N2O3S. The van der Waals surface area contributed by atoms with Crippen molar-refractivity contribution >= 4 is 10.0 Å². The number of nitrogens with one attached hydrogen (secondary N) is 2. The first-order valence-electron chi connectivity index (χ1n) is 7.28. The Morgan fingerprint density at radius 1 is 1.24 bits per heavy atom. The summed E-state index contributed by atoms with van der Waals surface area (Å²) in [5.41, 5.74) is 1.12. The highest BCUT2D eigenvalue weighted by Crippen LogP contribution is 2.12. The van der Waals surface area contributed by atoms with Crippen molar-refractivity contribution in [3.05, 3.63) is 29.8 Å². The molecule has 0 radical (unpaired) electrons. The minimum atomic E-state index is -3.49. The molecule has 0 saturated heterocycles. The van der Waals surface area contributed by atoms with Crippen molar-refractivity contribution in [1.82, 2.24) is 10.0 Å². The quantitative estimate of drug-likeness (QED) is 0.687. The van der Waals surface area contributed by atoms with E-state index in [9.17, 15) is 8.42 Å². The Morgan fingerprint density at radius 3 is 2.43 bits per heavy atom. The van der Waals surface area contributed by atoms with Gasteiger partial charge in [0.1, 0.15) is 0 Å². The molecule has 0 heterocycles. The Kier molecular flexibility index (Phi) is 7.88. The number of hydrogen-bond donors (Lipinski definition) is 2. The van der Waals surface area contributed by atoms with Gasteiger partial charge in [-0.05, 0) is 44.1 Å². The van der Waals surface area contributed by atoms with Crippen LogP contribution in [0.25, 0.3) is 0 Å². The summed E-state index contributed by atoms with van der Waals surface area (Å²) in [7, 11) is -0.0146. The van der Waals surface area contributed by atoms with Gasteiger partial charge in [0.15, 0.2) is 0 Å². The van der Waals surface area contributed by atoms with E-state index in [-0.39, 0.29) is 6.04 Å². The highest BCUT2D eigenvalue weighted by molar-refractivity contribution is 7.89. The largest absolute Gasteiger partial charge is 0.383 e. The maximum absolute atomic E-state index is 12.3. The zero-order valence-corrected chi connectivity index (χ0v) is 13.9. The average molecular weight is 314 g/mol. The minimum Gasteiger partial charge on any atom is -0.383 e. The second kappa shape index (κ2) is 9.15. The normalized spacial score (nSPS) is 13.3. The molecule has 0 fully saturated rings. The predicted octanol–water partition coefficient (Wildman–Crippen LogP) is 1.54. The van der Waals surface area contributed by atoms with Crippen LogP contribution in [0, 0.1) is 0 Å². The van der Waals surface area contributed by atoms with Gasteiger partial charge < -0.3 is 10.1 Å². The summed E-state index contributed by atoms with van der Waals surface area (Å²) in [6.45, 7) is 3.28. The standard InChI is InChI=1S/C15H26N2O3S/c1-4-5-14(12-20-3)17-21(18,19)15-8-6-13(7-9-15)10-11-16-2/h6-9,14,16-17H,4-5,10-12H2,1-3H3. The van der Waals surface area contributed by atoms with E-state index in [0.717, 1.165) is 31.4 Å². The van der Waals surface area contributed by atoms with E-state index in [1.54, 1.807) is 19.2 Å². The van der Waals surface area contributed by atoms with E-state index in [1.807, 2.05) is 26.1 Å². The Morgan fingerprint density at radius 2 is 1.90 bits per heavy atom. The van der Waals surface area contributed by atoms with E-state index < -0.39 is 10.0 Å². The van der Waals surface area contributed by atoms with Crippen LogP contribution in [-0.4, -0.2) is 41.8 Å². The van der Waals surface area contributed by atoms with Gasteiger partial charge >= 0.3 is 0 Å². The molecule has 21 heavy (non-hydrogen) atoms. The summed E-state index contributed by atoms with van der Waals surface area (Å²) in [5, 5.41) is 3.07. The Balaban J connectivity index is 2.76. The summed E-state index contributed by atoms with van der Waals surface area (Å²) in [6, 6.07) is 6.84. The molecule has 0 saturated carbocycles. The molecule has 0 bridgehead atoms. The molecule has 1 aromatic rings. The molecule has 1 aromatic carbocycles. The van der Waals surface area contributed by atoms with Crippen molar-refractivity contribution < 1.29 is 13.2 Å². The van der Waals surface area contributed by atoms with E-state index in [4.69, 9.17) is 4.74 Å². The lowest BCUT2D eigenvalue weighted by Gasteiger charge is -2.17. The smallest absolute Gasteiger partial charge is 0.240 e. The summed E-state index contributed by atoms with van der Waals surface area (Å²) in [5.74, 6) is 0. The molecule has 0 aromatic heterocycles. The molecule has 0 aliphatic heterocycles.